The number of hydrogen-bond donors (Lipinski definition) is 1. The zero-order chi connectivity index (χ0) is 13.5. The Bertz CT molecular complexity index is 389. The largest absolute Gasteiger partial charge is 0.481 e. The molecule has 2 rings (SSSR count). The van der Waals surface area contributed by atoms with E-state index in [9.17, 15) is 19.5 Å². The summed E-state index contributed by atoms with van der Waals surface area (Å²) in [6, 6.07) is -0.692. The van der Waals surface area contributed by atoms with E-state index < -0.39 is 17.4 Å². The number of nitrogens with zero attached hydrogens (tertiary/aromatic N) is 1. The Balaban J connectivity index is 2.28. The minimum atomic E-state index is -1.20. The molecule has 0 aromatic carbocycles. The molecule has 2 aliphatic heterocycles. The number of aliphatic carboxylic acids is 1. The second kappa shape index (κ2) is 4.35. The third-order valence-electron chi connectivity index (χ3n) is 3.80. The van der Waals surface area contributed by atoms with Crippen molar-refractivity contribution in [2.45, 2.75) is 32.7 Å². The molecular weight excluding hydrogens is 238 g/mol. The standard InChI is InChI=1S/C12H17NO5/c1-7-3-9(14)13(10(15)4-7)8-5-18-6-12(8,2)11(16)17/h7-8H,3-6H2,1-2H3,(H,16,17). The second-order valence-electron chi connectivity index (χ2n) is 5.42. The maximum Gasteiger partial charge on any atom is 0.313 e. The highest BCUT2D eigenvalue weighted by atomic mass is 16.5. The van der Waals surface area contributed by atoms with Gasteiger partial charge in [-0.15, -0.1) is 0 Å². The molecule has 100 valence electrons. The first kappa shape index (κ1) is 13.0. The number of ether oxygens (including phenoxy) is 1. The Morgan fingerprint density at radius 3 is 2.44 bits per heavy atom. The summed E-state index contributed by atoms with van der Waals surface area (Å²) in [4.78, 5) is 36.4. The molecule has 2 saturated heterocycles. The van der Waals surface area contributed by atoms with Gasteiger partial charge < -0.3 is 9.84 Å². The maximum absolute atomic E-state index is 12.0. The summed E-state index contributed by atoms with van der Waals surface area (Å²) >= 11 is 0. The highest BCUT2D eigenvalue weighted by Gasteiger charge is 2.53. The van der Waals surface area contributed by atoms with Gasteiger partial charge in [0.2, 0.25) is 11.8 Å². The van der Waals surface area contributed by atoms with Crippen LogP contribution in [-0.4, -0.2) is 47.0 Å². The molecule has 0 aliphatic carbocycles. The van der Waals surface area contributed by atoms with Gasteiger partial charge in [-0.25, -0.2) is 0 Å². The summed E-state index contributed by atoms with van der Waals surface area (Å²) in [5.41, 5.74) is -1.20. The topological polar surface area (TPSA) is 83.9 Å². The number of carboxylic acid groups (broad SMARTS) is 1. The smallest absolute Gasteiger partial charge is 0.313 e. The summed E-state index contributed by atoms with van der Waals surface area (Å²) in [7, 11) is 0. The number of carbonyl (C=O) groups is 3. The maximum atomic E-state index is 12.0. The van der Waals surface area contributed by atoms with Gasteiger partial charge in [0.05, 0.1) is 19.3 Å². The van der Waals surface area contributed by atoms with Gasteiger partial charge in [-0.3, -0.25) is 19.3 Å². The van der Waals surface area contributed by atoms with Crippen molar-refractivity contribution in [1.82, 2.24) is 4.90 Å². The van der Waals surface area contributed by atoms with Crippen LogP contribution in [0.3, 0.4) is 0 Å². The minimum Gasteiger partial charge on any atom is -0.481 e. The molecule has 2 heterocycles. The van der Waals surface area contributed by atoms with Gasteiger partial charge in [0, 0.05) is 12.8 Å². The minimum absolute atomic E-state index is 0.0274. The molecule has 2 amide bonds. The molecule has 6 heteroatoms. The summed E-state index contributed by atoms with van der Waals surface area (Å²) in [5, 5.41) is 9.27. The third kappa shape index (κ3) is 1.90. The van der Waals surface area contributed by atoms with Crippen molar-refractivity contribution < 1.29 is 24.2 Å². The average Bonchev–Trinajstić information content (AvgIpc) is 2.61. The number of imide groups is 1. The predicted molar refractivity (Wildman–Crippen MR) is 60.6 cm³/mol. The summed E-state index contributed by atoms with van der Waals surface area (Å²) in [5.74, 6) is -1.59. The molecule has 0 radical (unpaired) electrons. The van der Waals surface area contributed by atoms with Crippen LogP contribution in [0.2, 0.25) is 0 Å². The van der Waals surface area contributed by atoms with Crippen molar-refractivity contribution in [3.8, 4) is 0 Å². The molecule has 0 aromatic heterocycles. The summed E-state index contributed by atoms with van der Waals surface area (Å²) < 4.78 is 5.18. The predicted octanol–water partition coefficient (Wildman–Crippen LogP) is 0.261. The zero-order valence-corrected chi connectivity index (χ0v) is 10.5. The van der Waals surface area contributed by atoms with Crippen LogP contribution in [0, 0.1) is 11.3 Å². The van der Waals surface area contributed by atoms with Crippen molar-refractivity contribution >= 4 is 17.8 Å². The normalized spacial score (nSPS) is 34.1. The lowest BCUT2D eigenvalue weighted by molar-refractivity contribution is -0.159. The van der Waals surface area contributed by atoms with Crippen molar-refractivity contribution in [3.05, 3.63) is 0 Å². The number of carboxylic acids is 1. The van der Waals surface area contributed by atoms with E-state index in [4.69, 9.17) is 4.74 Å². The summed E-state index contributed by atoms with van der Waals surface area (Å²) in [6.45, 7) is 3.49. The van der Waals surface area contributed by atoms with Crippen LogP contribution in [0.5, 0.6) is 0 Å². The number of carbonyl (C=O) groups excluding carboxylic acids is 2. The third-order valence-corrected chi connectivity index (χ3v) is 3.80. The van der Waals surface area contributed by atoms with Crippen LogP contribution < -0.4 is 0 Å². The molecular formula is C12H17NO5. The van der Waals surface area contributed by atoms with E-state index >= 15 is 0 Å². The van der Waals surface area contributed by atoms with Gasteiger partial charge in [-0.2, -0.15) is 0 Å². The number of rotatable bonds is 2. The van der Waals surface area contributed by atoms with E-state index in [2.05, 4.69) is 0 Å². The fourth-order valence-electron chi connectivity index (χ4n) is 2.58. The SMILES string of the molecule is CC1CC(=O)N(C2COCC2(C)C(=O)O)C(=O)C1. The molecule has 2 unspecified atom stereocenters. The fourth-order valence-corrected chi connectivity index (χ4v) is 2.58. The fraction of sp³-hybridized carbons (Fsp3) is 0.750. The van der Waals surface area contributed by atoms with E-state index in [0.717, 1.165) is 4.90 Å². The van der Waals surface area contributed by atoms with Crippen LogP contribution in [0.15, 0.2) is 0 Å². The number of hydrogen-bond acceptors (Lipinski definition) is 4. The first-order valence-electron chi connectivity index (χ1n) is 6.02. The van der Waals surface area contributed by atoms with Gasteiger partial charge in [0.1, 0.15) is 5.41 Å². The Kier molecular flexibility index (Phi) is 3.14. The van der Waals surface area contributed by atoms with Gasteiger partial charge in [-0.1, -0.05) is 6.92 Å². The zero-order valence-electron chi connectivity index (χ0n) is 10.5. The first-order chi connectivity index (χ1) is 8.36. The Morgan fingerprint density at radius 1 is 1.39 bits per heavy atom. The van der Waals surface area contributed by atoms with Crippen LogP contribution >= 0.6 is 0 Å². The molecule has 0 saturated carbocycles. The molecule has 1 N–H and O–H groups in total. The van der Waals surface area contributed by atoms with Crippen LogP contribution in [0.4, 0.5) is 0 Å². The van der Waals surface area contributed by atoms with E-state index in [1.807, 2.05) is 6.92 Å². The Labute approximate surface area is 105 Å². The molecule has 0 aromatic rings. The van der Waals surface area contributed by atoms with E-state index in [-0.39, 0.29) is 43.8 Å². The molecule has 2 atom stereocenters. The van der Waals surface area contributed by atoms with Crippen molar-refractivity contribution in [2.24, 2.45) is 11.3 Å². The van der Waals surface area contributed by atoms with E-state index in [1.165, 1.54) is 6.92 Å². The number of piperidine rings is 1. The number of likely N-dealkylation sites (tertiary alicyclic amines) is 1. The Morgan fingerprint density at radius 2 is 1.94 bits per heavy atom. The van der Waals surface area contributed by atoms with Crippen molar-refractivity contribution in [2.75, 3.05) is 13.2 Å². The molecule has 0 bridgehead atoms. The molecule has 6 nitrogen and oxygen atoms in total. The Hall–Kier alpha value is -1.43. The molecule has 18 heavy (non-hydrogen) atoms. The monoisotopic (exact) mass is 255 g/mol. The quantitative estimate of drug-likeness (QED) is 0.715. The second-order valence-corrected chi connectivity index (χ2v) is 5.42. The average molecular weight is 255 g/mol. The molecule has 2 aliphatic rings. The van der Waals surface area contributed by atoms with Crippen molar-refractivity contribution in [3.63, 3.8) is 0 Å². The van der Waals surface area contributed by atoms with Gasteiger partial charge in [0.15, 0.2) is 0 Å². The van der Waals surface area contributed by atoms with E-state index in [1.54, 1.807) is 0 Å². The van der Waals surface area contributed by atoms with Gasteiger partial charge in [0.25, 0.3) is 0 Å². The van der Waals surface area contributed by atoms with Crippen molar-refractivity contribution in [1.29, 1.82) is 0 Å². The van der Waals surface area contributed by atoms with Crippen LogP contribution in [0.1, 0.15) is 26.7 Å². The molecule has 2 fully saturated rings. The molecule has 0 spiro atoms. The van der Waals surface area contributed by atoms with E-state index in [0.29, 0.717) is 0 Å². The van der Waals surface area contributed by atoms with Gasteiger partial charge >= 0.3 is 5.97 Å². The van der Waals surface area contributed by atoms with Crippen LogP contribution in [-0.2, 0) is 19.1 Å². The lowest BCUT2D eigenvalue weighted by atomic mass is 9.82. The highest BCUT2D eigenvalue weighted by Crippen LogP contribution is 2.35. The van der Waals surface area contributed by atoms with Crippen LogP contribution in [0.25, 0.3) is 0 Å². The highest BCUT2D eigenvalue weighted by molar-refractivity contribution is 5.99. The first-order valence-corrected chi connectivity index (χ1v) is 6.02. The number of amides is 2. The summed E-state index contributed by atoms with van der Waals surface area (Å²) in [6.07, 6.45) is 0.579. The van der Waals surface area contributed by atoms with Gasteiger partial charge in [-0.05, 0) is 12.8 Å². The lowest BCUT2D eigenvalue weighted by Crippen LogP contribution is -2.56. The lowest BCUT2D eigenvalue weighted by Gasteiger charge is -2.37.